The molecule has 1 saturated heterocycles. The van der Waals surface area contributed by atoms with E-state index >= 15 is 0 Å². The van der Waals surface area contributed by atoms with Gasteiger partial charge in [-0.15, -0.1) is 0 Å². The predicted molar refractivity (Wildman–Crippen MR) is 128 cm³/mol. The Bertz CT molecular complexity index is 1300. The summed E-state index contributed by atoms with van der Waals surface area (Å²) in [5.74, 6) is -0.836. The second-order valence-corrected chi connectivity index (χ2v) is 8.65. The molecule has 1 unspecified atom stereocenters. The first kappa shape index (κ1) is 21.3. The summed E-state index contributed by atoms with van der Waals surface area (Å²) in [5.41, 5.74) is 3.47. The summed E-state index contributed by atoms with van der Waals surface area (Å²) in [6.07, 6.45) is 1.72. The summed E-state index contributed by atoms with van der Waals surface area (Å²) < 4.78 is 5.67. The van der Waals surface area contributed by atoms with E-state index in [1.165, 1.54) is 4.90 Å². The zero-order valence-corrected chi connectivity index (χ0v) is 18.8. The van der Waals surface area contributed by atoms with Crippen molar-refractivity contribution in [2.45, 2.75) is 25.8 Å². The average molecular weight is 460 g/mol. The lowest BCUT2D eigenvalue weighted by molar-refractivity contribution is -0.132. The van der Waals surface area contributed by atoms with Gasteiger partial charge in [0.1, 0.15) is 11.5 Å². The Labute approximate surface area is 196 Å². The minimum atomic E-state index is -0.782. The molecule has 5 rings (SSSR count). The van der Waals surface area contributed by atoms with E-state index in [2.05, 4.69) is 0 Å². The van der Waals surface area contributed by atoms with Gasteiger partial charge in [0.15, 0.2) is 0 Å². The maximum atomic E-state index is 13.3. The number of nitrogens with zero attached hydrogens (tertiary/aromatic N) is 1. The number of rotatable bonds is 3. The molecule has 2 aliphatic rings. The molecule has 0 aromatic heterocycles. The third-order valence-electron chi connectivity index (χ3n) is 6.24. The van der Waals surface area contributed by atoms with Crippen LogP contribution in [0.4, 0.5) is 5.69 Å². The van der Waals surface area contributed by atoms with Crippen molar-refractivity contribution in [1.82, 2.24) is 0 Å². The van der Waals surface area contributed by atoms with Crippen molar-refractivity contribution >= 4 is 34.7 Å². The Morgan fingerprint density at radius 1 is 1.06 bits per heavy atom. The lowest BCUT2D eigenvalue weighted by Gasteiger charge is -2.27. The summed E-state index contributed by atoms with van der Waals surface area (Å²) in [7, 11) is 0. The lowest BCUT2D eigenvalue weighted by Crippen LogP contribution is -2.30. The van der Waals surface area contributed by atoms with Crippen LogP contribution < -0.4 is 9.64 Å². The van der Waals surface area contributed by atoms with E-state index in [0.29, 0.717) is 28.4 Å². The fourth-order valence-electron chi connectivity index (χ4n) is 4.55. The number of carbonyl (C=O) groups excluding carboxylic acids is 2. The highest BCUT2D eigenvalue weighted by atomic mass is 35.5. The Morgan fingerprint density at radius 2 is 1.85 bits per heavy atom. The van der Waals surface area contributed by atoms with E-state index in [1.54, 1.807) is 30.3 Å². The third-order valence-corrected chi connectivity index (χ3v) is 6.65. The van der Waals surface area contributed by atoms with Crippen LogP contribution in [0.3, 0.4) is 0 Å². The molecule has 3 aromatic carbocycles. The van der Waals surface area contributed by atoms with Gasteiger partial charge in [-0.05, 0) is 66.8 Å². The van der Waals surface area contributed by atoms with Crippen molar-refractivity contribution in [3.05, 3.63) is 99.6 Å². The largest absolute Gasteiger partial charge is 0.507 e. The smallest absolute Gasteiger partial charge is 0.300 e. The normalized spacial score (nSPS) is 19.3. The number of halogens is 1. The fraction of sp³-hybridized carbons (Fsp3) is 0.185. The Kier molecular flexibility index (Phi) is 5.43. The standard InChI is InChI=1S/C27H22ClNO4/c1-16-20(28)10-5-11-21(16)29-24(17-7-3-2-4-8-17)23(26(31)27(29)32)25(30)19-12-13-22-18(15-19)9-6-14-33-22/h2-5,7-8,10-13,15,24,30H,6,9,14H2,1H3/b25-23-. The van der Waals surface area contributed by atoms with Gasteiger partial charge in [-0.1, -0.05) is 48.0 Å². The summed E-state index contributed by atoms with van der Waals surface area (Å²) >= 11 is 6.34. The van der Waals surface area contributed by atoms with E-state index in [0.717, 1.165) is 29.7 Å². The molecule has 1 amide bonds. The SMILES string of the molecule is Cc1c(Cl)cccc1N1C(=O)C(=O)/C(=C(\O)c2ccc3c(c2)CCCO3)C1c1ccccc1. The van der Waals surface area contributed by atoms with Crippen LogP contribution in [-0.4, -0.2) is 23.4 Å². The molecule has 3 aromatic rings. The van der Waals surface area contributed by atoms with Gasteiger partial charge in [-0.2, -0.15) is 0 Å². The molecule has 1 fully saturated rings. The number of ether oxygens (including phenoxy) is 1. The van der Waals surface area contributed by atoms with Crippen molar-refractivity contribution in [1.29, 1.82) is 0 Å². The molecule has 166 valence electrons. The minimum absolute atomic E-state index is 0.0576. The van der Waals surface area contributed by atoms with Crippen LogP contribution in [0.2, 0.25) is 5.02 Å². The number of aryl methyl sites for hydroxylation is 1. The number of aliphatic hydroxyl groups is 1. The van der Waals surface area contributed by atoms with E-state index in [1.807, 2.05) is 43.3 Å². The quantitative estimate of drug-likeness (QED) is 0.314. The number of hydrogen-bond acceptors (Lipinski definition) is 4. The predicted octanol–water partition coefficient (Wildman–Crippen LogP) is 5.60. The molecule has 0 radical (unpaired) electrons. The molecule has 2 aliphatic heterocycles. The number of Topliss-reactive ketones (excluding diaryl/α,β-unsaturated/α-hetero) is 1. The van der Waals surface area contributed by atoms with E-state index in [9.17, 15) is 14.7 Å². The van der Waals surface area contributed by atoms with E-state index in [-0.39, 0.29) is 11.3 Å². The minimum Gasteiger partial charge on any atom is -0.507 e. The van der Waals surface area contributed by atoms with Crippen LogP contribution in [-0.2, 0) is 16.0 Å². The van der Waals surface area contributed by atoms with Crippen LogP contribution in [0, 0.1) is 6.92 Å². The van der Waals surface area contributed by atoms with Crippen LogP contribution in [0.1, 0.15) is 34.7 Å². The first-order valence-electron chi connectivity index (χ1n) is 10.8. The highest BCUT2D eigenvalue weighted by Crippen LogP contribution is 2.44. The summed E-state index contributed by atoms with van der Waals surface area (Å²) in [6, 6.07) is 19.1. The number of ketones is 1. The van der Waals surface area contributed by atoms with Crippen LogP contribution in [0.15, 0.2) is 72.3 Å². The van der Waals surface area contributed by atoms with Crippen LogP contribution in [0.25, 0.3) is 5.76 Å². The first-order chi connectivity index (χ1) is 16.0. The molecule has 1 atom stereocenters. The topological polar surface area (TPSA) is 66.8 Å². The van der Waals surface area contributed by atoms with Gasteiger partial charge >= 0.3 is 0 Å². The summed E-state index contributed by atoms with van der Waals surface area (Å²) in [5, 5.41) is 11.8. The van der Waals surface area contributed by atoms with Gasteiger partial charge in [0, 0.05) is 16.3 Å². The highest BCUT2D eigenvalue weighted by molar-refractivity contribution is 6.52. The molecule has 2 heterocycles. The summed E-state index contributed by atoms with van der Waals surface area (Å²) in [4.78, 5) is 28.0. The van der Waals surface area contributed by atoms with Crippen molar-refractivity contribution in [3.8, 4) is 5.75 Å². The van der Waals surface area contributed by atoms with Crippen LogP contribution in [0.5, 0.6) is 5.75 Å². The zero-order valence-electron chi connectivity index (χ0n) is 18.0. The van der Waals surface area contributed by atoms with Gasteiger partial charge in [0.2, 0.25) is 0 Å². The Balaban J connectivity index is 1.71. The molecule has 0 saturated carbocycles. The van der Waals surface area contributed by atoms with Crippen molar-refractivity contribution < 1.29 is 19.4 Å². The Hall–Kier alpha value is -3.57. The zero-order chi connectivity index (χ0) is 23.1. The summed E-state index contributed by atoms with van der Waals surface area (Å²) in [6.45, 7) is 2.47. The second kappa shape index (κ2) is 8.41. The highest BCUT2D eigenvalue weighted by Gasteiger charge is 2.47. The van der Waals surface area contributed by atoms with Crippen molar-refractivity contribution in [2.24, 2.45) is 0 Å². The van der Waals surface area contributed by atoms with Gasteiger partial charge in [-0.3, -0.25) is 14.5 Å². The number of aliphatic hydroxyl groups excluding tert-OH is 1. The molecule has 0 aliphatic carbocycles. The number of hydrogen-bond donors (Lipinski definition) is 1. The molecular formula is C27H22ClNO4. The maximum absolute atomic E-state index is 13.3. The number of benzene rings is 3. The monoisotopic (exact) mass is 459 g/mol. The number of carbonyl (C=O) groups is 2. The van der Waals surface area contributed by atoms with Gasteiger partial charge in [-0.25, -0.2) is 0 Å². The number of anilines is 1. The second-order valence-electron chi connectivity index (χ2n) is 8.24. The van der Waals surface area contributed by atoms with E-state index < -0.39 is 17.7 Å². The average Bonchev–Trinajstić information content (AvgIpc) is 3.11. The van der Waals surface area contributed by atoms with Crippen LogP contribution >= 0.6 is 11.6 Å². The Morgan fingerprint density at radius 3 is 2.64 bits per heavy atom. The third kappa shape index (κ3) is 3.58. The fourth-order valence-corrected chi connectivity index (χ4v) is 4.72. The molecule has 6 heteroatoms. The van der Waals surface area contributed by atoms with Gasteiger partial charge in [0.05, 0.1) is 18.2 Å². The maximum Gasteiger partial charge on any atom is 0.300 e. The van der Waals surface area contributed by atoms with Crippen molar-refractivity contribution in [3.63, 3.8) is 0 Å². The molecule has 1 N–H and O–H groups in total. The molecular weight excluding hydrogens is 438 g/mol. The number of fused-ring (bicyclic) bond motifs is 1. The molecule has 0 spiro atoms. The lowest BCUT2D eigenvalue weighted by atomic mass is 9.93. The first-order valence-corrected chi connectivity index (χ1v) is 11.2. The van der Waals surface area contributed by atoms with Crippen molar-refractivity contribution in [2.75, 3.05) is 11.5 Å². The molecule has 5 nitrogen and oxygen atoms in total. The van der Waals surface area contributed by atoms with Gasteiger partial charge in [0.25, 0.3) is 11.7 Å². The van der Waals surface area contributed by atoms with E-state index in [4.69, 9.17) is 16.3 Å². The van der Waals surface area contributed by atoms with Gasteiger partial charge < -0.3 is 9.84 Å². The molecule has 33 heavy (non-hydrogen) atoms. The number of amides is 1. The molecule has 0 bridgehead atoms.